The van der Waals surface area contributed by atoms with Gasteiger partial charge in [0.1, 0.15) is 5.75 Å². The molecule has 1 heterocycles. The van der Waals surface area contributed by atoms with Crippen LogP contribution in [0, 0.1) is 0 Å². The molecule has 1 amide bonds. The molecule has 1 atom stereocenters. The van der Waals surface area contributed by atoms with Gasteiger partial charge in [-0.15, -0.1) is 0 Å². The Bertz CT molecular complexity index is 592. The van der Waals surface area contributed by atoms with E-state index in [0.29, 0.717) is 6.61 Å². The molecular formula is C15H20N4O2. The van der Waals surface area contributed by atoms with Crippen LogP contribution in [0.3, 0.4) is 0 Å². The molecule has 6 heteroatoms. The van der Waals surface area contributed by atoms with Crippen LogP contribution in [0.15, 0.2) is 36.5 Å². The predicted octanol–water partition coefficient (Wildman–Crippen LogP) is 1.85. The number of amides is 1. The Morgan fingerprint density at radius 3 is 2.67 bits per heavy atom. The van der Waals surface area contributed by atoms with Crippen molar-refractivity contribution in [2.75, 3.05) is 11.9 Å². The number of carbonyl (C=O) groups is 1. The number of hydrogen-bond donors (Lipinski definition) is 2. The molecule has 0 aliphatic carbocycles. The second-order valence-corrected chi connectivity index (χ2v) is 4.83. The van der Waals surface area contributed by atoms with Crippen LogP contribution in [0.2, 0.25) is 0 Å². The maximum atomic E-state index is 10.6. The minimum absolute atomic E-state index is 0.152. The standard InChI is InChI=1S/C15H20N4O2/c1-11(14-7-9-17-19(14)2)18-12-3-5-13(6-4-12)21-10-8-15(16)20/h3-7,9,11,18H,8,10H2,1-2H3,(H2,16,20). The summed E-state index contributed by atoms with van der Waals surface area (Å²) in [7, 11) is 1.92. The highest BCUT2D eigenvalue weighted by molar-refractivity contribution is 5.73. The Kier molecular flexibility index (Phi) is 4.81. The lowest BCUT2D eigenvalue weighted by Gasteiger charge is -2.16. The predicted molar refractivity (Wildman–Crippen MR) is 81.0 cm³/mol. The van der Waals surface area contributed by atoms with Crippen LogP contribution in [0.5, 0.6) is 5.75 Å². The molecule has 0 saturated heterocycles. The molecule has 0 spiro atoms. The molecule has 3 N–H and O–H groups in total. The topological polar surface area (TPSA) is 82.2 Å². The van der Waals surface area contributed by atoms with Crippen molar-refractivity contribution in [1.82, 2.24) is 9.78 Å². The monoisotopic (exact) mass is 288 g/mol. The Hall–Kier alpha value is -2.50. The fraction of sp³-hybridized carbons (Fsp3) is 0.333. The number of primary amides is 1. The summed E-state index contributed by atoms with van der Waals surface area (Å²) >= 11 is 0. The highest BCUT2D eigenvalue weighted by Gasteiger charge is 2.09. The van der Waals surface area contributed by atoms with Gasteiger partial charge in [-0.1, -0.05) is 0 Å². The number of carbonyl (C=O) groups excluding carboxylic acids is 1. The molecule has 0 radical (unpaired) electrons. The van der Waals surface area contributed by atoms with Crippen molar-refractivity contribution in [2.45, 2.75) is 19.4 Å². The fourth-order valence-electron chi connectivity index (χ4n) is 2.05. The van der Waals surface area contributed by atoms with Crippen molar-refractivity contribution in [3.8, 4) is 5.75 Å². The van der Waals surface area contributed by atoms with Gasteiger partial charge < -0.3 is 15.8 Å². The Morgan fingerprint density at radius 1 is 1.38 bits per heavy atom. The van der Waals surface area contributed by atoms with Gasteiger partial charge in [0.25, 0.3) is 0 Å². The van der Waals surface area contributed by atoms with E-state index >= 15 is 0 Å². The molecule has 0 bridgehead atoms. The van der Waals surface area contributed by atoms with Crippen LogP contribution in [0.1, 0.15) is 25.1 Å². The summed E-state index contributed by atoms with van der Waals surface area (Å²) in [6, 6.07) is 9.73. The highest BCUT2D eigenvalue weighted by Crippen LogP contribution is 2.21. The van der Waals surface area contributed by atoms with E-state index in [9.17, 15) is 4.79 Å². The average molecular weight is 288 g/mol. The fourth-order valence-corrected chi connectivity index (χ4v) is 2.05. The number of aromatic nitrogens is 2. The Labute approximate surface area is 123 Å². The third-order valence-electron chi connectivity index (χ3n) is 3.16. The van der Waals surface area contributed by atoms with E-state index in [0.717, 1.165) is 17.1 Å². The number of benzene rings is 1. The second-order valence-electron chi connectivity index (χ2n) is 4.83. The van der Waals surface area contributed by atoms with Gasteiger partial charge in [-0.25, -0.2) is 0 Å². The van der Waals surface area contributed by atoms with Gasteiger partial charge in [-0.3, -0.25) is 9.48 Å². The van der Waals surface area contributed by atoms with Gasteiger partial charge in [-0.2, -0.15) is 5.10 Å². The van der Waals surface area contributed by atoms with E-state index in [1.54, 1.807) is 6.20 Å². The average Bonchev–Trinajstić information content (AvgIpc) is 2.87. The van der Waals surface area contributed by atoms with E-state index < -0.39 is 0 Å². The maximum Gasteiger partial charge on any atom is 0.220 e. The molecule has 2 aromatic rings. The summed E-state index contributed by atoms with van der Waals surface area (Å²) in [5, 5.41) is 7.56. The summed E-state index contributed by atoms with van der Waals surface area (Å²) in [6.45, 7) is 2.38. The molecule has 2 rings (SSSR count). The molecular weight excluding hydrogens is 268 g/mol. The molecule has 0 saturated carbocycles. The second kappa shape index (κ2) is 6.78. The summed E-state index contributed by atoms with van der Waals surface area (Å²) in [6.07, 6.45) is 2.00. The molecule has 0 aliphatic heterocycles. The van der Waals surface area contributed by atoms with Gasteiger partial charge in [0.05, 0.1) is 24.8 Å². The molecule has 1 unspecified atom stereocenters. The van der Waals surface area contributed by atoms with Gasteiger partial charge in [-0.05, 0) is 37.3 Å². The quantitative estimate of drug-likeness (QED) is 0.814. The van der Waals surface area contributed by atoms with Gasteiger partial charge in [0.15, 0.2) is 0 Å². The molecule has 0 aliphatic rings. The van der Waals surface area contributed by atoms with Crippen molar-refractivity contribution in [3.63, 3.8) is 0 Å². The van der Waals surface area contributed by atoms with E-state index in [1.807, 2.05) is 42.1 Å². The lowest BCUT2D eigenvalue weighted by molar-refractivity contribution is -0.118. The summed E-state index contributed by atoms with van der Waals surface area (Å²) in [4.78, 5) is 10.6. The molecule has 1 aromatic carbocycles. The largest absolute Gasteiger partial charge is 0.493 e. The first-order valence-corrected chi connectivity index (χ1v) is 6.82. The van der Waals surface area contributed by atoms with Crippen molar-refractivity contribution in [3.05, 3.63) is 42.2 Å². The van der Waals surface area contributed by atoms with Crippen molar-refractivity contribution in [2.24, 2.45) is 12.8 Å². The highest BCUT2D eigenvalue weighted by atomic mass is 16.5. The molecule has 0 fully saturated rings. The molecule has 1 aromatic heterocycles. The number of nitrogens with two attached hydrogens (primary N) is 1. The maximum absolute atomic E-state index is 10.6. The van der Waals surface area contributed by atoms with Gasteiger partial charge >= 0.3 is 0 Å². The van der Waals surface area contributed by atoms with Crippen LogP contribution < -0.4 is 15.8 Å². The van der Waals surface area contributed by atoms with E-state index in [1.165, 1.54) is 0 Å². The first-order valence-electron chi connectivity index (χ1n) is 6.82. The number of anilines is 1. The normalized spacial score (nSPS) is 11.9. The summed E-state index contributed by atoms with van der Waals surface area (Å²) < 4.78 is 7.27. The summed E-state index contributed by atoms with van der Waals surface area (Å²) in [5.41, 5.74) is 7.16. The smallest absolute Gasteiger partial charge is 0.220 e. The van der Waals surface area contributed by atoms with E-state index in [2.05, 4.69) is 17.3 Å². The first-order chi connectivity index (χ1) is 10.1. The Morgan fingerprint density at radius 2 is 2.10 bits per heavy atom. The zero-order valence-electron chi connectivity index (χ0n) is 12.2. The van der Waals surface area contributed by atoms with Crippen LogP contribution in [0.4, 0.5) is 5.69 Å². The number of aryl methyl sites for hydroxylation is 1. The van der Waals surface area contributed by atoms with Crippen molar-refractivity contribution >= 4 is 11.6 Å². The molecule has 21 heavy (non-hydrogen) atoms. The number of nitrogens with one attached hydrogen (secondary N) is 1. The number of hydrogen-bond acceptors (Lipinski definition) is 4. The molecule has 112 valence electrons. The lowest BCUT2D eigenvalue weighted by Crippen LogP contribution is -2.14. The SMILES string of the molecule is CC(Nc1ccc(OCCC(N)=O)cc1)c1ccnn1C. The van der Waals surface area contributed by atoms with Crippen LogP contribution in [-0.2, 0) is 11.8 Å². The Balaban J connectivity index is 1.90. The zero-order chi connectivity index (χ0) is 15.2. The van der Waals surface area contributed by atoms with Gasteiger partial charge in [0, 0.05) is 18.9 Å². The third kappa shape index (κ3) is 4.24. The van der Waals surface area contributed by atoms with Gasteiger partial charge in [0.2, 0.25) is 5.91 Å². The van der Waals surface area contributed by atoms with Crippen LogP contribution in [-0.4, -0.2) is 22.3 Å². The number of nitrogens with zero attached hydrogens (tertiary/aromatic N) is 2. The molecule has 6 nitrogen and oxygen atoms in total. The van der Waals surface area contributed by atoms with Crippen molar-refractivity contribution < 1.29 is 9.53 Å². The van der Waals surface area contributed by atoms with Crippen LogP contribution >= 0.6 is 0 Å². The lowest BCUT2D eigenvalue weighted by atomic mass is 10.2. The number of ether oxygens (including phenoxy) is 1. The minimum Gasteiger partial charge on any atom is -0.493 e. The van der Waals surface area contributed by atoms with E-state index in [-0.39, 0.29) is 18.4 Å². The third-order valence-corrected chi connectivity index (χ3v) is 3.16. The first kappa shape index (κ1) is 14.9. The summed E-state index contributed by atoms with van der Waals surface area (Å²) in [5.74, 6) is 0.355. The van der Waals surface area contributed by atoms with Crippen molar-refractivity contribution in [1.29, 1.82) is 0 Å². The minimum atomic E-state index is -0.363. The van der Waals surface area contributed by atoms with Crippen LogP contribution in [0.25, 0.3) is 0 Å². The van der Waals surface area contributed by atoms with E-state index in [4.69, 9.17) is 10.5 Å². The zero-order valence-corrected chi connectivity index (χ0v) is 12.2. The number of rotatable bonds is 7.